The predicted molar refractivity (Wildman–Crippen MR) is 120 cm³/mol. The molecule has 2 aromatic rings. The van der Waals surface area contributed by atoms with Gasteiger partial charge < -0.3 is 14.7 Å². The van der Waals surface area contributed by atoms with Gasteiger partial charge in [-0.25, -0.2) is 8.42 Å². The zero-order chi connectivity index (χ0) is 22.6. The average molecular weight is 467 g/mol. The fraction of sp³-hybridized carbons (Fsp3) is 0.409. The highest BCUT2D eigenvalue weighted by molar-refractivity contribution is 7.92. The standard InChI is InChI=1S/C22H27ClN2O5S/c1-24(20-8-3-4-9-21(20)26)22(27)15-25(17-7-5-6-16(23)14-17)31(28,29)19-12-10-18(30-2)11-13-19/h5-7,10-14,20-21,26H,3-4,8-9,15H2,1-2H3. The van der Waals surface area contributed by atoms with Crippen molar-refractivity contribution in [2.45, 2.75) is 42.7 Å². The highest BCUT2D eigenvalue weighted by Crippen LogP contribution is 2.28. The maximum Gasteiger partial charge on any atom is 0.264 e. The van der Waals surface area contributed by atoms with Gasteiger partial charge in [0.2, 0.25) is 5.91 Å². The molecule has 0 bridgehead atoms. The summed E-state index contributed by atoms with van der Waals surface area (Å²) in [6.45, 7) is -0.408. The van der Waals surface area contributed by atoms with Crippen LogP contribution in [0.3, 0.4) is 0 Å². The summed E-state index contributed by atoms with van der Waals surface area (Å²) in [6.07, 6.45) is 2.54. The SMILES string of the molecule is COc1ccc(S(=O)(=O)N(CC(=O)N(C)C2CCCCC2O)c2cccc(Cl)c2)cc1. The minimum absolute atomic E-state index is 0.0291. The minimum Gasteiger partial charge on any atom is -0.497 e. The number of amides is 1. The van der Waals surface area contributed by atoms with Crippen LogP contribution in [0, 0.1) is 0 Å². The van der Waals surface area contributed by atoms with Crippen molar-refractivity contribution in [2.75, 3.05) is 25.0 Å². The second kappa shape index (κ2) is 9.89. The largest absolute Gasteiger partial charge is 0.497 e. The number of aliphatic hydroxyl groups excluding tert-OH is 1. The summed E-state index contributed by atoms with van der Waals surface area (Å²) < 4.78 is 33.1. The summed E-state index contributed by atoms with van der Waals surface area (Å²) in [6, 6.07) is 12.0. The molecule has 2 unspecified atom stereocenters. The molecule has 0 radical (unpaired) electrons. The lowest BCUT2D eigenvalue weighted by Crippen LogP contribution is -2.50. The third-order valence-corrected chi connectivity index (χ3v) is 7.63. The van der Waals surface area contributed by atoms with E-state index in [-0.39, 0.29) is 16.6 Å². The number of hydrogen-bond donors (Lipinski definition) is 1. The number of sulfonamides is 1. The first kappa shape index (κ1) is 23.4. The third-order valence-electron chi connectivity index (χ3n) is 5.61. The first-order valence-electron chi connectivity index (χ1n) is 10.1. The van der Waals surface area contributed by atoms with Crippen molar-refractivity contribution in [1.29, 1.82) is 0 Å². The normalized spacial score (nSPS) is 19.0. The topological polar surface area (TPSA) is 87.2 Å². The number of aliphatic hydroxyl groups is 1. The molecule has 1 amide bonds. The summed E-state index contributed by atoms with van der Waals surface area (Å²) in [7, 11) is -0.955. The van der Waals surface area contributed by atoms with Crippen LogP contribution in [-0.4, -0.2) is 57.2 Å². The van der Waals surface area contributed by atoms with E-state index in [2.05, 4.69) is 0 Å². The zero-order valence-electron chi connectivity index (χ0n) is 17.6. The lowest BCUT2D eigenvalue weighted by molar-refractivity contribution is -0.133. The molecule has 0 heterocycles. The molecule has 1 saturated carbocycles. The van der Waals surface area contributed by atoms with Crippen molar-refractivity contribution in [3.05, 3.63) is 53.6 Å². The summed E-state index contributed by atoms with van der Waals surface area (Å²) >= 11 is 6.10. The molecule has 0 spiro atoms. The Bertz CT molecular complexity index is 1010. The number of halogens is 1. The molecule has 9 heteroatoms. The van der Waals surface area contributed by atoms with Gasteiger partial charge in [0.25, 0.3) is 10.0 Å². The quantitative estimate of drug-likeness (QED) is 0.676. The molecule has 168 valence electrons. The van der Waals surface area contributed by atoms with Crippen molar-refractivity contribution in [3.63, 3.8) is 0 Å². The Labute approximate surface area is 188 Å². The van der Waals surface area contributed by atoms with Gasteiger partial charge in [-0.2, -0.15) is 0 Å². The van der Waals surface area contributed by atoms with E-state index in [4.69, 9.17) is 16.3 Å². The average Bonchev–Trinajstić information content (AvgIpc) is 2.77. The van der Waals surface area contributed by atoms with Crippen molar-refractivity contribution >= 4 is 33.2 Å². The van der Waals surface area contributed by atoms with Crippen LogP contribution in [0.2, 0.25) is 5.02 Å². The number of benzene rings is 2. The number of anilines is 1. The molecule has 3 rings (SSSR count). The van der Waals surface area contributed by atoms with Gasteiger partial charge in [0, 0.05) is 12.1 Å². The number of rotatable bonds is 7. The molecule has 1 aliphatic carbocycles. The van der Waals surface area contributed by atoms with Gasteiger partial charge in [-0.3, -0.25) is 9.10 Å². The van der Waals surface area contributed by atoms with E-state index in [9.17, 15) is 18.3 Å². The molecule has 2 aromatic carbocycles. The molecular weight excluding hydrogens is 440 g/mol. The number of carbonyl (C=O) groups is 1. The van der Waals surface area contributed by atoms with Crippen LogP contribution in [0.25, 0.3) is 0 Å². The smallest absolute Gasteiger partial charge is 0.264 e. The van der Waals surface area contributed by atoms with Gasteiger partial charge in [-0.1, -0.05) is 30.5 Å². The summed E-state index contributed by atoms with van der Waals surface area (Å²) in [5.74, 6) is 0.123. The molecule has 0 aliphatic heterocycles. The number of likely N-dealkylation sites (N-methyl/N-ethyl adjacent to an activating group) is 1. The van der Waals surface area contributed by atoms with Crippen molar-refractivity contribution in [3.8, 4) is 5.75 Å². The lowest BCUT2D eigenvalue weighted by Gasteiger charge is -2.36. The van der Waals surface area contributed by atoms with Crippen molar-refractivity contribution < 1.29 is 23.1 Å². The molecule has 1 aliphatic rings. The Kier molecular flexibility index (Phi) is 7.46. The Balaban J connectivity index is 1.93. The number of ether oxygens (including phenoxy) is 1. The van der Waals surface area contributed by atoms with Gasteiger partial charge in [0.1, 0.15) is 12.3 Å². The molecule has 0 saturated heterocycles. The maximum absolute atomic E-state index is 13.5. The predicted octanol–water partition coefficient (Wildman–Crippen LogP) is 3.31. The summed E-state index contributed by atoms with van der Waals surface area (Å²) in [5, 5.41) is 10.7. The molecule has 0 aromatic heterocycles. The van der Waals surface area contributed by atoms with Crippen molar-refractivity contribution in [1.82, 2.24) is 4.90 Å². The Morgan fingerprint density at radius 3 is 2.45 bits per heavy atom. The number of methoxy groups -OCH3 is 1. The van der Waals surface area contributed by atoms with Gasteiger partial charge in [0.05, 0.1) is 29.8 Å². The fourth-order valence-corrected chi connectivity index (χ4v) is 5.37. The molecule has 2 atom stereocenters. The maximum atomic E-state index is 13.5. The molecule has 1 fully saturated rings. The van der Waals surface area contributed by atoms with Crippen LogP contribution in [0.15, 0.2) is 53.4 Å². The van der Waals surface area contributed by atoms with Crippen LogP contribution >= 0.6 is 11.6 Å². The van der Waals surface area contributed by atoms with E-state index < -0.39 is 28.6 Å². The van der Waals surface area contributed by atoms with E-state index in [0.717, 1.165) is 17.1 Å². The van der Waals surface area contributed by atoms with E-state index in [0.29, 0.717) is 23.6 Å². The first-order valence-corrected chi connectivity index (χ1v) is 11.9. The van der Waals surface area contributed by atoms with Crippen LogP contribution in [0.5, 0.6) is 5.75 Å². The second-order valence-corrected chi connectivity index (χ2v) is 9.89. The Morgan fingerprint density at radius 1 is 1.16 bits per heavy atom. The lowest BCUT2D eigenvalue weighted by atomic mass is 9.91. The molecular formula is C22H27ClN2O5S. The Morgan fingerprint density at radius 2 is 1.84 bits per heavy atom. The van der Waals surface area contributed by atoms with Gasteiger partial charge in [0.15, 0.2) is 0 Å². The van der Waals surface area contributed by atoms with E-state index in [1.807, 2.05) is 0 Å². The van der Waals surface area contributed by atoms with Crippen LogP contribution in [0.1, 0.15) is 25.7 Å². The van der Waals surface area contributed by atoms with Gasteiger partial charge >= 0.3 is 0 Å². The summed E-state index contributed by atoms with van der Waals surface area (Å²) in [4.78, 5) is 14.6. The van der Waals surface area contributed by atoms with Crippen molar-refractivity contribution in [2.24, 2.45) is 0 Å². The molecule has 31 heavy (non-hydrogen) atoms. The Hall–Kier alpha value is -2.29. The highest BCUT2D eigenvalue weighted by atomic mass is 35.5. The van der Waals surface area contributed by atoms with E-state index in [1.165, 1.54) is 30.2 Å². The fourth-order valence-electron chi connectivity index (χ4n) is 3.78. The van der Waals surface area contributed by atoms with Crippen LogP contribution in [0.4, 0.5) is 5.69 Å². The number of carbonyl (C=O) groups excluding carboxylic acids is 1. The highest BCUT2D eigenvalue weighted by Gasteiger charge is 2.33. The number of hydrogen-bond acceptors (Lipinski definition) is 5. The first-order chi connectivity index (χ1) is 14.7. The molecule has 1 N–H and O–H groups in total. The number of nitrogens with zero attached hydrogens (tertiary/aromatic N) is 2. The third kappa shape index (κ3) is 5.31. The van der Waals surface area contributed by atoms with Gasteiger partial charge in [-0.05, 0) is 55.3 Å². The van der Waals surface area contributed by atoms with Gasteiger partial charge in [-0.15, -0.1) is 0 Å². The van der Waals surface area contributed by atoms with Crippen LogP contribution in [-0.2, 0) is 14.8 Å². The molecule has 7 nitrogen and oxygen atoms in total. The minimum atomic E-state index is -4.06. The van der Waals surface area contributed by atoms with Crippen LogP contribution < -0.4 is 9.04 Å². The summed E-state index contributed by atoms with van der Waals surface area (Å²) in [5.41, 5.74) is 0.286. The monoisotopic (exact) mass is 466 g/mol. The zero-order valence-corrected chi connectivity index (χ0v) is 19.1. The second-order valence-electron chi connectivity index (χ2n) is 7.59. The van der Waals surface area contributed by atoms with E-state index >= 15 is 0 Å². The van der Waals surface area contributed by atoms with E-state index in [1.54, 1.807) is 37.4 Å².